The van der Waals surface area contributed by atoms with E-state index in [-0.39, 0.29) is 22.7 Å². The lowest BCUT2D eigenvalue weighted by Gasteiger charge is -2.13. The van der Waals surface area contributed by atoms with Gasteiger partial charge in [0.15, 0.2) is 0 Å². The van der Waals surface area contributed by atoms with E-state index in [9.17, 15) is 14.0 Å². The lowest BCUT2D eigenvalue weighted by molar-refractivity contribution is -0.123. The number of aromatic nitrogens is 1. The van der Waals surface area contributed by atoms with Crippen LogP contribution in [0.4, 0.5) is 9.18 Å². The fraction of sp³-hybridized carbons (Fsp3) is 0.0769. The lowest BCUT2D eigenvalue weighted by Crippen LogP contribution is -2.27. The average Bonchev–Trinajstić information content (AvgIpc) is 3.29. The molecule has 0 radical (unpaired) electrons. The van der Waals surface area contributed by atoms with Crippen molar-refractivity contribution in [2.45, 2.75) is 13.1 Å². The van der Waals surface area contributed by atoms with Crippen LogP contribution in [0, 0.1) is 5.82 Å². The van der Waals surface area contributed by atoms with Crippen LogP contribution in [-0.4, -0.2) is 20.6 Å². The molecule has 0 N–H and O–H groups in total. The predicted molar refractivity (Wildman–Crippen MR) is 138 cm³/mol. The van der Waals surface area contributed by atoms with Crippen LogP contribution in [0.2, 0.25) is 5.02 Å². The Morgan fingerprint density at radius 3 is 2.53 bits per heavy atom. The highest BCUT2D eigenvalue weighted by atomic mass is 79.9. The maximum atomic E-state index is 13.4. The van der Waals surface area contributed by atoms with Gasteiger partial charge in [-0.3, -0.25) is 14.5 Å². The van der Waals surface area contributed by atoms with Gasteiger partial charge in [0.25, 0.3) is 11.1 Å². The van der Waals surface area contributed by atoms with Crippen LogP contribution in [0.25, 0.3) is 17.0 Å². The van der Waals surface area contributed by atoms with Crippen molar-refractivity contribution in [3.63, 3.8) is 0 Å². The summed E-state index contributed by atoms with van der Waals surface area (Å²) >= 11 is 10.5. The molecular formula is C26H17BrClFN2O2S. The molecular weight excluding hydrogens is 539 g/mol. The number of nitrogens with zero attached hydrogens (tertiary/aromatic N) is 2. The molecule has 5 rings (SSSR count). The molecule has 34 heavy (non-hydrogen) atoms. The molecule has 1 aromatic heterocycles. The molecule has 4 nitrogen and oxygen atoms in total. The van der Waals surface area contributed by atoms with Crippen molar-refractivity contribution in [3.8, 4) is 0 Å². The molecule has 0 unspecified atom stereocenters. The number of carbonyl (C=O) groups excluding carboxylic acids is 2. The molecule has 3 aromatic carbocycles. The highest BCUT2D eigenvalue weighted by Gasteiger charge is 2.35. The minimum Gasteiger partial charge on any atom is -0.342 e. The molecule has 4 aromatic rings. The molecule has 8 heteroatoms. The Morgan fingerprint density at radius 1 is 1.00 bits per heavy atom. The van der Waals surface area contributed by atoms with Crippen LogP contribution >= 0.6 is 39.3 Å². The van der Waals surface area contributed by atoms with Crippen LogP contribution in [0.15, 0.2) is 82.3 Å². The van der Waals surface area contributed by atoms with Crippen molar-refractivity contribution in [1.82, 2.24) is 9.47 Å². The number of amides is 2. The summed E-state index contributed by atoms with van der Waals surface area (Å²) in [6.45, 7) is 0.665. The Hall–Kier alpha value is -2.87. The minimum atomic E-state index is -0.470. The van der Waals surface area contributed by atoms with Crippen molar-refractivity contribution in [2.24, 2.45) is 0 Å². The number of carbonyl (C=O) groups is 2. The first-order valence-corrected chi connectivity index (χ1v) is 12.4. The molecule has 1 aliphatic heterocycles. The second kappa shape index (κ2) is 9.41. The van der Waals surface area contributed by atoms with Gasteiger partial charge in [0.1, 0.15) is 5.82 Å². The van der Waals surface area contributed by atoms with Crippen LogP contribution < -0.4 is 0 Å². The van der Waals surface area contributed by atoms with E-state index in [0.29, 0.717) is 17.0 Å². The SMILES string of the molecule is O=C1S/C(=C\c2cn(Cc3ccc(Br)cc3)c3ccccc23)C(=O)N1Cc1ccc(F)cc1Cl. The third kappa shape index (κ3) is 4.56. The largest absolute Gasteiger partial charge is 0.342 e. The number of fused-ring (bicyclic) bond motifs is 1. The standard InChI is InChI=1S/C26H17BrClFN2O2S/c27-19-8-5-16(6-9-19)13-30-14-18(21-3-1-2-4-23(21)30)11-24-25(32)31(26(33)34-24)15-17-7-10-20(29)12-22(17)28/h1-12,14H,13,15H2/b24-11-. The zero-order valence-corrected chi connectivity index (χ0v) is 20.8. The van der Waals surface area contributed by atoms with Crippen molar-refractivity contribution in [3.05, 3.63) is 110 Å². The van der Waals surface area contributed by atoms with Crippen molar-refractivity contribution in [1.29, 1.82) is 0 Å². The Morgan fingerprint density at radius 2 is 1.76 bits per heavy atom. The van der Waals surface area contributed by atoms with E-state index in [4.69, 9.17) is 11.6 Å². The molecule has 1 fully saturated rings. The Balaban J connectivity index is 1.45. The van der Waals surface area contributed by atoms with Crippen molar-refractivity contribution in [2.75, 3.05) is 0 Å². The van der Waals surface area contributed by atoms with Gasteiger partial charge in [0.05, 0.1) is 11.4 Å². The fourth-order valence-corrected chi connectivity index (χ4v) is 5.23. The molecule has 2 amide bonds. The number of para-hydroxylation sites is 1. The van der Waals surface area contributed by atoms with Crippen LogP contribution in [-0.2, 0) is 17.9 Å². The number of rotatable bonds is 5. The van der Waals surface area contributed by atoms with E-state index in [1.165, 1.54) is 18.2 Å². The van der Waals surface area contributed by atoms with E-state index in [1.54, 1.807) is 6.08 Å². The van der Waals surface area contributed by atoms with E-state index >= 15 is 0 Å². The highest BCUT2D eigenvalue weighted by Crippen LogP contribution is 2.36. The molecule has 0 aliphatic carbocycles. The first-order chi connectivity index (χ1) is 16.4. The van der Waals surface area contributed by atoms with E-state index < -0.39 is 5.82 Å². The second-order valence-corrected chi connectivity index (χ2v) is 10.2. The minimum absolute atomic E-state index is 0.00749. The Kier molecular flexibility index (Phi) is 6.34. The topological polar surface area (TPSA) is 42.3 Å². The summed E-state index contributed by atoms with van der Waals surface area (Å²) in [7, 11) is 0. The maximum absolute atomic E-state index is 13.4. The quantitative estimate of drug-likeness (QED) is 0.240. The molecule has 0 bridgehead atoms. The predicted octanol–water partition coefficient (Wildman–Crippen LogP) is 7.48. The number of thioether (sulfide) groups is 1. The van der Waals surface area contributed by atoms with Crippen LogP contribution in [0.5, 0.6) is 0 Å². The van der Waals surface area contributed by atoms with Gasteiger partial charge in [0.2, 0.25) is 0 Å². The first kappa shape index (κ1) is 22.9. The molecule has 0 saturated carbocycles. The summed E-state index contributed by atoms with van der Waals surface area (Å²) in [4.78, 5) is 27.1. The van der Waals surface area contributed by atoms with Crippen LogP contribution in [0.1, 0.15) is 16.7 Å². The monoisotopic (exact) mass is 554 g/mol. The second-order valence-electron chi connectivity index (χ2n) is 7.86. The summed E-state index contributed by atoms with van der Waals surface area (Å²) < 4.78 is 16.5. The summed E-state index contributed by atoms with van der Waals surface area (Å²) in [5.41, 5.74) is 3.55. The third-order valence-corrected chi connectivity index (χ3v) is 7.38. The van der Waals surface area contributed by atoms with Crippen molar-refractivity contribution < 1.29 is 14.0 Å². The molecule has 1 saturated heterocycles. The normalized spacial score (nSPS) is 15.1. The third-order valence-electron chi connectivity index (χ3n) is 5.59. The van der Waals surface area contributed by atoms with Gasteiger partial charge in [-0.2, -0.15) is 0 Å². The van der Waals surface area contributed by atoms with Gasteiger partial charge < -0.3 is 4.57 Å². The van der Waals surface area contributed by atoms with Gasteiger partial charge in [0, 0.05) is 38.7 Å². The summed E-state index contributed by atoms with van der Waals surface area (Å²) in [5, 5.41) is 0.794. The Bertz CT molecular complexity index is 1470. The number of halogens is 3. The average molecular weight is 556 g/mol. The zero-order valence-electron chi connectivity index (χ0n) is 17.7. The van der Waals surface area contributed by atoms with Gasteiger partial charge in [-0.15, -0.1) is 0 Å². The van der Waals surface area contributed by atoms with E-state index in [1.807, 2.05) is 42.6 Å². The molecule has 2 heterocycles. The smallest absolute Gasteiger partial charge is 0.293 e. The maximum Gasteiger partial charge on any atom is 0.293 e. The Labute approximate surface area is 213 Å². The number of hydrogen-bond donors (Lipinski definition) is 0. The summed E-state index contributed by atoms with van der Waals surface area (Å²) in [6, 6.07) is 20.0. The number of imide groups is 1. The number of benzene rings is 3. The fourth-order valence-electron chi connectivity index (χ4n) is 3.91. The molecule has 170 valence electrons. The highest BCUT2D eigenvalue weighted by molar-refractivity contribution is 9.10. The first-order valence-electron chi connectivity index (χ1n) is 10.4. The van der Waals surface area contributed by atoms with E-state index in [0.717, 1.165) is 43.2 Å². The van der Waals surface area contributed by atoms with Crippen molar-refractivity contribution >= 4 is 67.4 Å². The number of hydrogen-bond acceptors (Lipinski definition) is 3. The zero-order chi connectivity index (χ0) is 23.8. The summed E-state index contributed by atoms with van der Waals surface area (Å²) in [5.74, 6) is -0.859. The van der Waals surface area contributed by atoms with Gasteiger partial charge in [-0.05, 0) is 59.3 Å². The van der Waals surface area contributed by atoms with Gasteiger partial charge in [-0.1, -0.05) is 63.9 Å². The van der Waals surface area contributed by atoms with Crippen LogP contribution in [0.3, 0.4) is 0 Å². The lowest BCUT2D eigenvalue weighted by atomic mass is 10.1. The molecule has 0 spiro atoms. The molecule has 1 aliphatic rings. The molecule has 0 atom stereocenters. The van der Waals surface area contributed by atoms with Gasteiger partial charge >= 0.3 is 0 Å². The van der Waals surface area contributed by atoms with Gasteiger partial charge in [-0.25, -0.2) is 4.39 Å². The summed E-state index contributed by atoms with van der Waals surface area (Å²) in [6.07, 6.45) is 3.76. The van der Waals surface area contributed by atoms with E-state index in [2.05, 4.69) is 32.6 Å².